The smallest absolute Gasteiger partial charge is 0.225 e. The number of hydrogen-bond donors (Lipinski definition) is 0. The zero-order chi connectivity index (χ0) is 8.97. The van der Waals surface area contributed by atoms with Crippen molar-refractivity contribution in [3.63, 3.8) is 0 Å². The van der Waals surface area contributed by atoms with Gasteiger partial charge in [0.25, 0.3) is 0 Å². The maximum absolute atomic E-state index is 4.16. The average Bonchev–Trinajstić information content (AvgIpc) is 2.06. The van der Waals surface area contributed by atoms with E-state index in [1.165, 1.54) is 0 Å². The topological polar surface area (TPSA) is 29.0 Å². The van der Waals surface area contributed by atoms with Crippen LogP contribution < -0.4 is 4.90 Å². The minimum atomic E-state index is 0.737. The van der Waals surface area contributed by atoms with E-state index in [9.17, 15) is 0 Å². The van der Waals surface area contributed by atoms with Crippen LogP contribution in [0.4, 0.5) is 5.95 Å². The number of aromatic nitrogens is 2. The van der Waals surface area contributed by atoms with Crippen molar-refractivity contribution in [1.29, 1.82) is 0 Å². The number of anilines is 1. The molecule has 1 heterocycles. The van der Waals surface area contributed by atoms with Crippen LogP contribution in [0.1, 0.15) is 5.56 Å². The highest BCUT2D eigenvalue weighted by atomic mass is 15.2. The molecule has 3 nitrogen and oxygen atoms in total. The molecule has 0 aliphatic heterocycles. The van der Waals surface area contributed by atoms with Crippen LogP contribution in [-0.2, 0) is 0 Å². The molecule has 0 amide bonds. The van der Waals surface area contributed by atoms with Gasteiger partial charge in [-0.3, -0.25) is 0 Å². The highest BCUT2D eigenvalue weighted by molar-refractivity contribution is 5.28. The summed E-state index contributed by atoms with van der Waals surface area (Å²) in [6.45, 7) is 6.38. The Hall–Kier alpha value is -1.38. The predicted octanol–water partition coefficient (Wildman–Crippen LogP) is 1.41. The van der Waals surface area contributed by atoms with Crippen LogP contribution in [0.25, 0.3) is 0 Å². The molecule has 0 aliphatic rings. The summed E-state index contributed by atoms with van der Waals surface area (Å²) in [6.07, 6.45) is 5.44. The van der Waals surface area contributed by atoms with Gasteiger partial charge in [0.05, 0.1) is 0 Å². The van der Waals surface area contributed by atoms with Gasteiger partial charge in [-0.25, -0.2) is 9.97 Å². The van der Waals surface area contributed by atoms with E-state index in [-0.39, 0.29) is 0 Å². The second-order valence-electron chi connectivity index (χ2n) is 2.73. The number of hydrogen-bond acceptors (Lipinski definition) is 3. The van der Waals surface area contributed by atoms with Crippen molar-refractivity contribution in [3.8, 4) is 0 Å². The van der Waals surface area contributed by atoms with Crippen LogP contribution >= 0.6 is 0 Å². The molecule has 1 aromatic rings. The van der Waals surface area contributed by atoms with E-state index >= 15 is 0 Å². The zero-order valence-corrected chi connectivity index (χ0v) is 7.49. The van der Waals surface area contributed by atoms with Gasteiger partial charge in [-0.2, -0.15) is 0 Å². The van der Waals surface area contributed by atoms with Gasteiger partial charge in [-0.1, -0.05) is 6.08 Å². The number of nitrogens with zero attached hydrogens (tertiary/aromatic N) is 3. The third kappa shape index (κ3) is 2.05. The molecule has 0 aromatic carbocycles. The van der Waals surface area contributed by atoms with Gasteiger partial charge in [0.15, 0.2) is 0 Å². The standard InChI is InChI=1S/C9H13N3/c1-4-5-12(3)9-10-6-8(2)7-11-9/h4,6-7H,1,5H2,2-3H3. The van der Waals surface area contributed by atoms with Gasteiger partial charge in [0.1, 0.15) is 0 Å². The molecule has 0 aliphatic carbocycles. The Morgan fingerprint density at radius 2 is 2.08 bits per heavy atom. The molecule has 0 bridgehead atoms. The summed E-state index contributed by atoms with van der Waals surface area (Å²) in [6, 6.07) is 0. The zero-order valence-electron chi connectivity index (χ0n) is 7.49. The average molecular weight is 163 g/mol. The van der Waals surface area contributed by atoms with Crippen LogP contribution in [0.15, 0.2) is 25.0 Å². The molecule has 0 spiro atoms. The summed E-state index contributed by atoms with van der Waals surface area (Å²) < 4.78 is 0. The molecule has 0 fully saturated rings. The van der Waals surface area contributed by atoms with Crippen molar-refractivity contribution < 1.29 is 0 Å². The third-order valence-corrected chi connectivity index (χ3v) is 1.51. The fourth-order valence-electron chi connectivity index (χ4n) is 0.858. The Balaban J connectivity index is 2.74. The third-order valence-electron chi connectivity index (χ3n) is 1.51. The highest BCUT2D eigenvalue weighted by Gasteiger charge is 1.99. The fourth-order valence-corrected chi connectivity index (χ4v) is 0.858. The summed E-state index contributed by atoms with van der Waals surface area (Å²) in [5, 5.41) is 0. The highest BCUT2D eigenvalue weighted by Crippen LogP contribution is 2.03. The van der Waals surface area contributed by atoms with Crippen molar-refractivity contribution in [2.45, 2.75) is 6.92 Å². The molecule has 1 aromatic heterocycles. The first-order valence-electron chi connectivity index (χ1n) is 3.84. The number of aryl methyl sites for hydroxylation is 1. The van der Waals surface area contributed by atoms with E-state index < -0.39 is 0 Å². The minimum Gasteiger partial charge on any atom is -0.340 e. The molecule has 3 heteroatoms. The monoisotopic (exact) mass is 163 g/mol. The molecule has 0 N–H and O–H groups in total. The van der Waals surface area contributed by atoms with Crippen molar-refractivity contribution >= 4 is 5.95 Å². The second kappa shape index (κ2) is 3.85. The Labute approximate surface area is 72.8 Å². The normalized spacial score (nSPS) is 9.50. The summed E-state index contributed by atoms with van der Waals surface area (Å²) in [4.78, 5) is 10.3. The van der Waals surface area contributed by atoms with Gasteiger partial charge in [-0.15, -0.1) is 6.58 Å². The molecule has 0 unspecified atom stereocenters. The van der Waals surface area contributed by atoms with Gasteiger partial charge in [0, 0.05) is 26.0 Å². The second-order valence-corrected chi connectivity index (χ2v) is 2.73. The molecule has 1 rings (SSSR count). The summed E-state index contributed by atoms with van der Waals surface area (Å²) in [7, 11) is 1.94. The van der Waals surface area contributed by atoms with E-state index in [4.69, 9.17) is 0 Å². The summed E-state index contributed by atoms with van der Waals surface area (Å²) in [5.74, 6) is 0.737. The van der Waals surface area contributed by atoms with Gasteiger partial charge in [0.2, 0.25) is 5.95 Å². The van der Waals surface area contributed by atoms with Gasteiger partial charge < -0.3 is 4.90 Å². The largest absolute Gasteiger partial charge is 0.340 e. The van der Waals surface area contributed by atoms with E-state index in [2.05, 4.69) is 16.5 Å². The van der Waals surface area contributed by atoms with Crippen molar-refractivity contribution in [2.75, 3.05) is 18.5 Å². The Bertz CT molecular complexity index is 253. The molecule has 0 atom stereocenters. The molecular formula is C9H13N3. The maximum Gasteiger partial charge on any atom is 0.225 e. The SMILES string of the molecule is C=CCN(C)c1ncc(C)cn1. The number of likely N-dealkylation sites (N-methyl/N-ethyl adjacent to an activating group) is 1. The quantitative estimate of drug-likeness (QED) is 0.631. The van der Waals surface area contributed by atoms with Crippen LogP contribution in [0.2, 0.25) is 0 Å². The van der Waals surface area contributed by atoms with Crippen LogP contribution in [0, 0.1) is 6.92 Å². The van der Waals surface area contributed by atoms with Crippen molar-refractivity contribution in [2.24, 2.45) is 0 Å². The predicted molar refractivity (Wildman–Crippen MR) is 50.2 cm³/mol. The van der Waals surface area contributed by atoms with Gasteiger partial charge in [-0.05, 0) is 12.5 Å². The molecule has 12 heavy (non-hydrogen) atoms. The Morgan fingerprint density at radius 3 is 2.58 bits per heavy atom. The van der Waals surface area contributed by atoms with Crippen molar-refractivity contribution in [1.82, 2.24) is 9.97 Å². The van der Waals surface area contributed by atoms with E-state index in [0.29, 0.717) is 0 Å². The lowest BCUT2D eigenvalue weighted by Gasteiger charge is -2.13. The lowest BCUT2D eigenvalue weighted by molar-refractivity contribution is 0.936. The van der Waals surface area contributed by atoms with Crippen LogP contribution in [0.5, 0.6) is 0 Å². The summed E-state index contributed by atoms with van der Waals surface area (Å²) in [5.41, 5.74) is 1.07. The first-order chi connectivity index (χ1) is 5.74. The van der Waals surface area contributed by atoms with Crippen LogP contribution in [-0.4, -0.2) is 23.6 Å². The lowest BCUT2D eigenvalue weighted by atomic mass is 10.4. The first-order valence-corrected chi connectivity index (χ1v) is 3.84. The summed E-state index contributed by atoms with van der Waals surface area (Å²) >= 11 is 0. The fraction of sp³-hybridized carbons (Fsp3) is 0.333. The Kier molecular flexibility index (Phi) is 2.80. The van der Waals surface area contributed by atoms with Gasteiger partial charge >= 0.3 is 0 Å². The molecular weight excluding hydrogens is 150 g/mol. The van der Waals surface area contributed by atoms with E-state index in [1.54, 1.807) is 0 Å². The molecule has 64 valence electrons. The minimum absolute atomic E-state index is 0.737. The van der Waals surface area contributed by atoms with E-state index in [0.717, 1.165) is 18.1 Å². The first kappa shape index (κ1) is 8.71. The maximum atomic E-state index is 4.16. The molecule has 0 radical (unpaired) electrons. The molecule has 0 saturated carbocycles. The van der Waals surface area contributed by atoms with Crippen LogP contribution in [0.3, 0.4) is 0 Å². The molecule has 0 saturated heterocycles. The number of rotatable bonds is 3. The Morgan fingerprint density at radius 1 is 1.50 bits per heavy atom. The van der Waals surface area contributed by atoms with Crippen molar-refractivity contribution in [3.05, 3.63) is 30.6 Å². The lowest BCUT2D eigenvalue weighted by Crippen LogP contribution is -2.19. The van der Waals surface area contributed by atoms with E-state index in [1.807, 2.05) is 37.3 Å².